The molecule has 0 N–H and O–H groups in total. The van der Waals surface area contributed by atoms with Gasteiger partial charge in [-0.05, 0) is 36.6 Å². The zero-order valence-electron chi connectivity index (χ0n) is 29.0. The molecule has 0 amide bonds. The van der Waals surface area contributed by atoms with Gasteiger partial charge < -0.3 is 37.5 Å². The van der Waals surface area contributed by atoms with Crippen LogP contribution >= 0.6 is 7.60 Å². The summed E-state index contributed by atoms with van der Waals surface area (Å²) in [7, 11) is -5.22. The van der Waals surface area contributed by atoms with Gasteiger partial charge in [0.2, 0.25) is 0 Å². The Kier molecular flexibility index (Phi) is 15.9. The SMILES string of the molecule is CCOP(=O)(OCC)C(OCOCC[Si](C)(C)C)[C@H]1O[C@H](COCc2ccccc2)[C@@H](OCc2ccccc2)[C@@H]1OCc1ccccc1. The molecule has 3 aromatic rings. The van der Waals surface area contributed by atoms with E-state index in [4.69, 9.17) is 37.5 Å². The summed E-state index contributed by atoms with van der Waals surface area (Å²) in [6.45, 7) is 12.4. The van der Waals surface area contributed by atoms with E-state index in [0.717, 1.165) is 22.7 Å². The molecule has 4 rings (SSSR count). The van der Waals surface area contributed by atoms with Crippen LogP contribution in [0.3, 0.4) is 0 Å². The third-order valence-corrected chi connectivity index (χ3v) is 11.8. The van der Waals surface area contributed by atoms with Crippen LogP contribution in [0.1, 0.15) is 30.5 Å². The largest absolute Gasteiger partial charge is 0.374 e. The van der Waals surface area contributed by atoms with Crippen molar-refractivity contribution in [1.82, 2.24) is 0 Å². The van der Waals surface area contributed by atoms with Crippen molar-refractivity contribution < 1.29 is 42.0 Å². The summed E-state index contributed by atoms with van der Waals surface area (Å²) in [5, 5.41) is 0. The van der Waals surface area contributed by atoms with E-state index in [1.54, 1.807) is 13.8 Å². The van der Waals surface area contributed by atoms with E-state index in [0.29, 0.717) is 19.8 Å². The smallest absolute Gasteiger partial charge is 0.362 e. The maximum atomic E-state index is 14.5. The number of benzene rings is 3. The van der Waals surface area contributed by atoms with Gasteiger partial charge in [-0.3, -0.25) is 4.57 Å². The number of ether oxygens (including phenoxy) is 6. The van der Waals surface area contributed by atoms with E-state index >= 15 is 0 Å². The van der Waals surface area contributed by atoms with Crippen molar-refractivity contribution >= 4 is 15.7 Å². The first-order valence-electron chi connectivity index (χ1n) is 16.9. The average Bonchev–Trinajstić information content (AvgIpc) is 3.41. The lowest BCUT2D eigenvalue weighted by Crippen LogP contribution is -2.44. The molecule has 0 bridgehead atoms. The van der Waals surface area contributed by atoms with Crippen molar-refractivity contribution in [3.05, 3.63) is 108 Å². The molecule has 1 unspecified atom stereocenters. The number of hydrogen-bond acceptors (Lipinski definition) is 9. The van der Waals surface area contributed by atoms with Crippen molar-refractivity contribution in [3.63, 3.8) is 0 Å². The first-order valence-corrected chi connectivity index (χ1v) is 22.2. The molecule has 48 heavy (non-hydrogen) atoms. The van der Waals surface area contributed by atoms with Gasteiger partial charge >= 0.3 is 7.60 Å². The maximum absolute atomic E-state index is 14.5. The van der Waals surface area contributed by atoms with Crippen molar-refractivity contribution in [2.75, 3.05) is 33.2 Å². The van der Waals surface area contributed by atoms with Gasteiger partial charge in [0.15, 0.2) is 5.85 Å². The van der Waals surface area contributed by atoms with Gasteiger partial charge in [0.25, 0.3) is 0 Å². The second kappa shape index (κ2) is 19.8. The summed E-state index contributed by atoms with van der Waals surface area (Å²) < 4.78 is 64.6. The Morgan fingerprint density at radius 2 is 1.21 bits per heavy atom. The second-order valence-corrected chi connectivity index (χ2v) is 20.7. The van der Waals surface area contributed by atoms with Crippen LogP contribution in [-0.4, -0.2) is 71.6 Å². The van der Waals surface area contributed by atoms with Gasteiger partial charge in [-0.2, -0.15) is 0 Å². The highest BCUT2D eigenvalue weighted by Crippen LogP contribution is 2.57. The molecular formula is C37H53O9PSi. The predicted molar refractivity (Wildman–Crippen MR) is 190 cm³/mol. The lowest BCUT2D eigenvalue weighted by atomic mass is 10.1. The van der Waals surface area contributed by atoms with Crippen LogP contribution in [0.5, 0.6) is 0 Å². The average molecular weight is 701 g/mol. The normalized spacial score (nSPS) is 20.6. The first-order chi connectivity index (χ1) is 23.2. The molecule has 0 aromatic heterocycles. The Morgan fingerprint density at radius 1 is 0.708 bits per heavy atom. The number of rotatable bonds is 22. The summed E-state index contributed by atoms with van der Waals surface area (Å²) in [4.78, 5) is 0. The minimum absolute atomic E-state index is 0.102. The zero-order chi connectivity index (χ0) is 34.2. The molecule has 0 radical (unpaired) electrons. The Hall–Kier alpha value is -2.21. The lowest BCUT2D eigenvalue weighted by Gasteiger charge is -2.33. The summed E-state index contributed by atoms with van der Waals surface area (Å²) in [5.41, 5.74) is 3.02. The summed E-state index contributed by atoms with van der Waals surface area (Å²) in [5.74, 6) is -1.15. The highest BCUT2D eigenvalue weighted by Gasteiger charge is 2.56. The van der Waals surface area contributed by atoms with Crippen molar-refractivity contribution in [2.45, 2.75) is 89.6 Å². The minimum atomic E-state index is -3.89. The van der Waals surface area contributed by atoms with Gasteiger partial charge in [0, 0.05) is 14.7 Å². The summed E-state index contributed by atoms with van der Waals surface area (Å²) in [6, 6.07) is 30.7. The van der Waals surface area contributed by atoms with Gasteiger partial charge in [-0.15, -0.1) is 0 Å². The standard InChI is InChI=1S/C37H53O9PSi/c1-6-44-47(38,45-7-2)37(43-29-39-23-24-48(3,4)5)36-35(42-27-32-21-15-10-16-22-32)34(41-26-31-19-13-9-14-20-31)33(46-36)28-40-25-30-17-11-8-12-18-30/h8-22,33-37H,6-7,23-29H2,1-5H3/t33-,34-,35+,36+,37?/m1/s1. The lowest BCUT2D eigenvalue weighted by molar-refractivity contribution is -0.139. The highest BCUT2D eigenvalue weighted by molar-refractivity contribution is 7.54. The molecule has 0 aliphatic carbocycles. The van der Waals surface area contributed by atoms with E-state index in [1.165, 1.54) is 0 Å². The van der Waals surface area contributed by atoms with Crippen LogP contribution in [0.4, 0.5) is 0 Å². The third kappa shape index (κ3) is 12.3. The summed E-state index contributed by atoms with van der Waals surface area (Å²) in [6.07, 6.45) is -2.76. The van der Waals surface area contributed by atoms with Gasteiger partial charge in [-0.25, -0.2) is 0 Å². The molecule has 264 valence electrons. The van der Waals surface area contributed by atoms with E-state index in [9.17, 15) is 4.57 Å². The van der Waals surface area contributed by atoms with Gasteiger partial charge in [0.1, 0.15) is 31.2 Å². The molecule has 1 aliphatic heterocycles. The van der Waals surface area contributed by atoms with Crippen LogP contribution in [0.25, 0.3) is 0 Å². The van der Waals surface area contributed by atoms with E-state index in [-0.39, 0.29) is 33.2 Å². The quantitative estimate of drug-likeness (QED) is 0.0447. The van der Waals surface area contributed by atoms with E-state index < -0.39 is 45.9 Å². The molecule has 0 spiro atoms. The molecule has 1 saturated heterocycles. The molecule has 1 fully saturated rings. The van der Waals surface area contributed by atoms with E-state index in [2.05, 4.69) is 19.6 Å². The van der Waals surface area contributed by atoms with Crippen molar-refractivity contribution in [1.29, 1.82) is 0 Å². The zero-order valence-corrected chi connectivity index (χ0v) is 30.9. The fraction of sp³-hybridized carbons (Fsp3) is 0.514. The van der Waals surface area contributed by atoms with Crippen LogP contribution in [0.15, 0.2) is 91.0 Å². The molecule has 0 saturated carbocycles. The maximum Gasteiger partial charge on any atom is 0.362 e. The highest BCUT2D eigenvalue weighted by atomic mass is 31.2. The molecule has 9 nitrogen and oxygen atoms in total. The Balaban J connectivity index is 1.64. The van der Waals surface area contributed by atoms with Gasteiger partial charge in [0.05, 0.1) is 39.6 Å². The fourth-order valence-corrected chi connectivity index (χ4v) is 8.06. The third-order valence-electron chi connectivity index (χ3n) is 7.84. The van der Waals surface area contributed by atoms with Crippen LogP contribution < -0.4 is 0 Å². The fourth-order valence-electron chi connectivity index (χ4n) is 5.38. The van der Waals surface area contributed by atoms with Crippen LogP contribution in [0.2, 0.25) is 25.7 Å². The van der Waals surface area contributed by atoms with E-state index in [1.807, 2.05) is 91.0 Å². The first kappa shape index (κ1) is 38.6. The molecular weight excluding hydrogens is 647 g/mol. The monoisotopic (exact) mass is 700 g/mol. The Bertz CT molecular complexity index is 1330. The topological polar surface area (TPSA) is 90.9 Å². The molecule has 1 aliphatic rings. The molecule has 11 heteroatoms. The Morgan fingerprint density at radius 3 is 1.71 bits per heavy atom. The second-order valence-electron chi connectivity index (χ2n) is 12.9. The van der Waals surface area contributed by atoms with Crippen molar-refractivity contribution in [3.8, 4) is 0 Å². The van der Waals surface area contributed by atoms with Crippen molar-refractivity contribution in [2.24, 2.45) is 0 Å². The van der Waals surface area contributed by atoms with Gasteiger partial charge in [-0.1, -0.05) is 111 Å². The van der Waals surface area contributed by atoms with Crippen LogP contribution in [-0.2, 0) is 61.9 Å². The molecule has 5 atom stereocenters. The molecule has 3 aromatic carbocycles. The number of hydrogen-bond donors (Lipinski definition) is 0. The predicted octanol–water partition coefficient (Wildman–Crippen LogP) is 8.06. The Labute approximate surface area is 287 Å². The van der Waals surface area contributed by atoms with Crippen LogP contribution in [0, 0.1) is 0 Å². The minimum Gasteiger partial charge on any atom is -0.374 e. The molecule has 1 heterocycles. The summed E-state index contributed by atoms with van der Waals surface area (Å²) >= 11 is 0.